The van der Waals surface area contributed by atoms with E-state index in [1.54, 1.807) is 22.2 Å². The van der Waals surface area contributed by atoms with Crippen LogP contribution in [0.5, 0.6) is 0 Å². The van der Waals surface area contributed by atoms with E-state index in [-0.39, 0.29) is 6.03 Å². The monoisotopic (exact) mass is 402 g/mol. The predicted octanol–water partition coefficient (Wildman–Crippen LogP) is 3.01. The molecule has 4 rings (SSSR count). The topological polar surface area (TPSA) is 66.3 Å². The molecule has 0 radical (unpaired) electrons. The van der Waals surface area contributed by atoms with Crippen molar-refractivity contribution in [2.45, 2.75) is 6.54 Å². The highest BCUT2D eigenvalue weighted by Crippen LogP contribution is 2.19. The van der Waals surface area contributed by atoms with E-state index in [9.17, 15) is 4.79 Å². The normalized spacial score (nSPS) is 14.4. The first-order valence-electron chi connectivity index (χ1n) is 8.66. The molecule has 1 aliphatic heterocycles. The van der Waals surface area contributed by atoms with Crippen molar-refractivity contribution in [2.75, 3.05) is 31.1 Å². The van der Waals surface area contributed by atoms with Crippen molar-refractivity contribution >= 4 is 34.1 Å². The van der Waals surface area contributed by atoms with Gasteiger partial charge in [0.25, 0.3) is 0 Å². The number of thiazole rings is 1. The van der Waals surface area contributed by atoms with Crippen molar-refractivity contribution in [3.8, 4) is 5.69 Å². The minimum Gasteiger partial charge on any atom is -0.345 e. The van der Waals surface area contributed by atoms with Crippen LogP contribution < -0.4 is 10.2 Å². The molecule has 9 heteroatoms. The van der Waals surface area contributed by atoms with Gasteiger partial charge in [0.15, 0.2) is 5.13 Å². The van der Waals surface area contributed by atoms with Crippen molar-refractivity contribution in [3.63, 3.8) is 0 Å². The molecular formula is C18H19ClN6OS. The fraction of sp³-hybridized carbons (Fsp3) is 0.278. The molecule has 1 N–H and O–H groups in total. The number of anilines is 1. The Kier molecular flexibility index (Phi) is 5.26. The molecule has 2 amide bonds. The van der Waals surface area contributed by atoms with Gasteiger partial charge >= 0.3 is 6.03 Å². The van der Waals surface area contributed by atoms with E-state index >= 15 is 0 Å². The van der Waals surface area contributed by atoms with E-state index in [1.165, 1.54) is 0 Å². The summed E-state index contributed by atoms with van der Waals surface area (Å²) in [5.41, 5.74) is 1.87. The van der Waals surface area contributed by atoms with Gasteiger partial charge in [-0.15, -0.1) is 11.3 Å². The van der Waals surface area contributed by atoms with Crippen molar-refractivity contribution in [1.82, 2.24) is 25.0 Å². The minimum absolute atomic E-state index is 0.0481. The number of hydrogen-bond donors (Lipinski definition) is 1. The van der Waals surface area contributed by atoms with Gasteiger partial charge in [-0.05, 0) is 24.3 Å². The van der Waals surface area contributed by atoms with Gasteiger partial charge in [-0.3, -0.25) is 0 Å². The second kappa shape index (κ2) is 7.98. The molecule has 7 nitrogen and oxygen atoms in total. The maximum absolute atomic E-state index is 12.4. The molecule has 0 aliphatic carbocycles. The molecular weight excluding hydrogens is 384 g/mol. The third kappa shape index (κ3) is 4.23. The molecule has 0 spiro atoms. The fourth-order valence-electron chi connectivity index (χ4n) is 2.95. The van der Waals surface area contributed by atoms with Crippen molar-refractivity contribution in [1.29, 1.82) is 0 Å². The number of carbonyl (C=O) groups excluding carboxylic acids is 1. The highest BCUT2D eigenvalue weighted by molar-refractivity contribution is 7.13. The highest BCUT2D eigenvalue weighted by atomic mass is 35.5. The molecule has 1 aliphatic rings. The van der Waals surface area contributed by atoms with E-state index in [0.717, 1.165) is 29.5 Å². The molecule has 3 heterocycles. The molecule has 0 bridgehead atoms. The van der Waals surface area contributed by atoms with Gasteiger partial charge in [0.2, 0.25) is 0 Å². The van der Waals surface area contributed by atoms with Crippen molar-refractivity contribution < 1.29 is 4.79 Å². The smallest absolute Gasteiger partial charge is 0.317 e. The van der Waals surface area contributed by atoms with E-state index in [1.807, 2.05) is 46.9 Å². The summed E-state index contributed by atoms with van der Waals surface area (Å²) in [6, 6.07) is 7.41. The Bertz CT molecular complexity index is 887. The number of nitrogens with zero attached hydrogens (tertiary/aromatic N) is 5. The summed E-state index contributed by atoms with van der Waals surface area (Å²) in [4.78, 5) is 20.8. The second-order valence-electron chi connectivity index (χ2n) is 6.22. The number of amides is 2. The second-order valence-corrected chi connectivity index (χ2v) is 7.53. The average molecular weight is 403 g/mol. The van der Waals surface area contributed by atoms with Crippen LogP contribution in [0.25, 0.3) is 5.69 Å². The summed E-state index contributed by atoms with van der Waals surface area (Å²) in [7, 11) is 0. The van der Waals surface area contributed by atoms with Gasteiger partial charge < -0.3 is 15.1 Å². The third-order valence-corrected chi connectivity index (χ3v) is 5.51. The standard InChI is InChI=1S/C18H19ClN6OS/c19-15-1-3-16(4-2-15)25-13-14(12-22-25)11-21-17(26)23-6-8-24(9-7-23)18-20-5-10-27-18/h1-5,10,12-13H,6-9,11H2,(H,21,26). The van der Waals surface area contributed by atoms with Crippen LogP contribution in [0.15, 0.2) is 48.2 Å². The maximum Gasteiger partial charge on any atom is 0.317 e. The fourth-order valence-corrected chi connectivity index (χ4v) is 3.77. The zero-order valence-electron chi connectivity index (χ0n) is 14.6. The SMILES string of the molecule is O=C(NCc1cnn(-c2ccc(Cl)cc2)c1)N1CCN(c2nccs2)CC1. The third-order valence-electron chi connectivity index (χ3n) is 4.43. The lowest BCUT2D eigenvalue weighted by atomic mass is 10.3. The Morgan fingerprint density at radius 1 is 1.19 bits per heavy atom. The minimum atomic E-state index is -0.0481. The van der Waals surface area contributed by atoms with Gasteiger partial charge in [0.05, 0.1) is 11.9 Å². The van der Waals surface area contributed by atoms with Crippen LogP contribution in [0.1, 0.15) is 5.56 Å². The molecule has 1 saturated heterocycles. The van der Waals surface area contributed by atoms with Crippen LogP contribution in [-0.2, 0) is 6.54 Å². The van der Waals surface area contributed by atoms with Crippen LogP contribution in [0.4, 0.5) is 9.93 Å². The lowest BCUT2D eigenvalue weighted by Gasteiger charge is -2.34. The number of rotatable bonds is 4. The van der Waals surface area contributed by atoms with Crippen molar-refractivity contribution in [2.24, 2.45) is 0 Å². The van der Waals surface area contributed by atoms with Gasteiger partial charge in [-0.2, -0.15) is 5.10 Å². The largest absolute Gasteiger partial charge is 0.345 e. The van der Waals surface area contributed by atoms with Crippen LogP contribution in [0.2, 0.25) is 5.02 Å². The molecule has 140 valence electrons. The summed E-state index contributed by atoms with van der Waals surface area (Å²) < 4.78 is 1.77. The number of hydrogen-bond acceptors (Lipinski definition) is 5. The highest BCUT2D eigenvalue weighted by Gasteiger charge is 2.22. The summed E-state index contributed by atoms with van der Waals surface area (Å²) in [6.45, 7) is 3.43. The number of urea groups is 1. The van der Waals surface area contributed by atoms with Crippen LogP contribution in [0, 0.1) is 0 Å². The summed E-state index contributed by atoms with van der Waals surface area (Å²) in [6.07, 6.45) is 5.47. The number of nitrogens with one attached hydrogen (secondary N) is 1. The predicted molar refractivity (Wildman–Crippen MR) is 107 cm³/mol. The van der Waals surface area contributed by atoms with Gasteiger partial charge in [-0.1, -0.05) is 11.6 Å². The lowest BCUT2D eigenvalue weighted by molar-refractivity contribution is 0.194. The van der Waals surface area contributed by atoms with Crippen LogP contribution in [0.3, 0.4) is 0 Å². The average Bonchev–Trinajstić information content (AvgIpc) is 3.39. The van der Waals surface area contributed by atoms with E-state index in [2.05, 4.69) is 20.3 Å². The summed E-state index contributed by atoms with van der Waals surface area (Å²) in [5, 5.41) is 11.0. The summed E-state index contributed by atoms with van der Waals surface area (Å²) in [5.74, 6) is 0. The van der Waals surface area contributed by atoms with Crippen molar-refractivity contribution in [3.05, 3.63) is 58.8 Å². The zero-order valence-corrected chi connectivity index (χ0v) is 16.2. The quantitative estimate of drug-likeness (QED) is 0.728. The first-order valence-corrected chi connectivity index (χ1v) is 9.91. The van der Waals surface area contributed by atoms with E-state index < -0.39 is 0 Å². The van der Waals surface area contributed by atoms with Gasteiger partial charge in [0.1, 0.15) is 0 Å². The molecule has 1 aromatic carbocycles. The molecule has 27 heavy (non-hydrogen) atoms. The Hall–Kier alpha value is -2.58. The molecule has 1 fully saturated rings. The number of aromatic nitrogens is 3. The van der Waals surface area contributed by atoms with E-state index in [0.29, 0.717) is 24.7 Å². The molecule has 2 aromatic heterocycles. The molecule has 0 unspecified atom stereocenters. The maximum atomic E-state index is 12.4. The van der Waals surface area contributed by atoms with Crippen LogP contribution >= 0.6 is 22.9 Å². The number of piperazine rings is 1. The lowest BCUT2D eigenvalue weighted by Crippen LogP contribution is -2.51. The Labute approximate surface area is 166 Å². The summed E-state index contributed by atoms with van der Waals surface area (Å²) >= 11 is 7.54. The molecule has 0 saturated carbocycles. The number of carbonyl (C=O) groups is 1. The Balaban J connectivity index is 1.28. The Morgan fingerprint density at radius 2 is 1.96 bits per heavy atom. The first kappa shape index (κ1) is 17.8. The molecule has 3 aromatic rings. The Morgan fingerprint density at radius 3 is 2.67 bits per heavy atom. The van der Waals surface area contributed by atoms with Gasteiger partial charge in [0, 0.05) is 61.1 Å². The van der Waals surface area contributed by atoms with Crippen LogP contribution in [-0.4, -0.2) is 51.9 Å². The van der Waals surface area contributed by atoms with E-state index in [4.69, 9.17) is 11.6 Å². The first-order chi connectivity index (χ1) is 13.2. The number of halogens is 1. The zero-order chi connectivity index (χ0) is 18.6. The number of benzene rings is 1. The van der Waals surface area contributed by atoms with Gasteiger partial charge in [-0.25, -0.2) is 14.5 Å². The molecule has 0 atom stereocenters.